The van der Waals surface area contributed by atoms with Crippen LogP contribution >= 0.6 is 11.8 Å². The van der Waals surface area contributed by atoms with Crippen molar-refractivity contribution in [2.75, 3.05) is 18.6 Å². The van der Waals surface area contributed by atoms with E-state index in [9.17, 15) is 34.2 Å². The van der Waals surface area contributed by atoms with Gasteiger partial charge in [-0.1, -0.05) is 0 Å². The lowest BCUT2D eigenvalue weighted by molar-refractivity contribution is -0.142. The summed E-state index contributed by atoms with van der Waals surface area (Å²) in [7, 11) is 0. The zero-order chi connectivity index (χ0) is 25.6. The van der Waals surface area contributed by atoms with Gasteiger partial charge < -0.3 is 43.4 Å². The topological polar surface area (TPSA) is 240 Å². The minimum atomic E-state index is -1.45. The monoisotopic (exact) mass is 492 g/mol. The second-order valence-corrected chi connectivity index (χ2v) is 8.51. The predicted octanol–water partition coefficient (Wildman–Crippen LogP) is -3.01. The van der Waals surface area contributed by atoms with Crippen LogP contribution < -0.4 is 33.2 Å². The highest BCUT2D eigenvalue weighted by Gasteiger charge is 2.31. The summed E-state index contributed by atoms with van der Waals surface area (Å²) in [4.78, 5) is 60.5. The number of hydrogen-bond donors (Lipinski definition) is 8. The molecule has 0 aliphatic rings. The second-order valence-electron chi connectivity index (χ2n) is 7.52. The van der Waals surface area contributed by atoms with Gasteiger partial charge in [0.15, 0.2) is 0 Å². The molecule has 5 atom stereocenters. The quantitative estimate of drug-likeness (QED) is 0.0956. The Kier molecular flexibility index (Phi) is 15.0. The number of aliphatic hydroxyl groups excluding tert-OH is 1. The van der Waals surface area contributed by atoms with Crippen LogP contribution in [0.1, 0.15) is 39.0 Å². The summed E-state index contributed by atoms with van der Waals surface area (Å²) in [6.45, 7) is 1.63. The van der Waals surface area contributed by atoms with Gasteiger partial charge in [-0.3, -0.25) is 19.2 Å². The van der Waals surface area contributed by atoms with Gasteiger partial charge in [0.1, 0.15) is 24.2 Å². The molecule has 0 rings (SSSR count). The Morgan fingerprint density at radius 3 is 1.94 bits per heavy atom. The summed E-state index contributed by atoms with van der Waals surface area (Å²) in [5, 5.41) is 25.9. The number of carbonyl (C=O) groups excluding carboxylic acids is 4. The highest BCUT2D eigenvalue weighted by molar-refractivity contribution is 7.98. The van der Waals surface area contributed by atoms with Gasteiger partial charge in [-0.05, 0) is 51.2 Å². The third-order valence-corrected chi connectivity index (χ3v) is 5.31. The molecule has 0 aromatic carbocycles. The van der Waals surface area contributed by atoms with Gasteiger partial charge in [-0.15, -0.1) is 0 Å². The number of rotatable bonds is 17. The van der Waals surface area contributed by atoms with Gasteiger partial charge >= 0.3 is 5.97 Å². The van der Waals surface area contributed by atoms with Crippen molar-refractivity contribution in [2.24, 2.45) is 17.2 Å². The van der Waals surface area contributed by atoms with Crippen molar-refractivity contribution in [2.45, 2.75) is 69.3 Å². The molecule has 0 aliphatic heterocycles. The number of aliphatic hydroxyl groups is 1. The Bertz CT molecular complexity index is 679. The second kappa shape index (κ2) is 16.2. The highest BCUT2D eigenvalue weighted by Crippen LogP contribution is 2.06. The SMILES string of the molecule is CSCCC(NC(=O)C(CCCCN)NC(=O)C(CC(N)=O)NC(=O)C(N)C(C)O)C(=O)O. The fourth-order valence-corrected chi connectivity index (χ4v) is 3.17. The fourth-order valence-electron chi connectivity index (χ4n) is 2.70. The van der Waals surface area contributed by atoms with Crippen LogP contribution in [0, 0.1) is 0 Å². The van der Waals surface area contributed by atoms with Crippen molar-refractivity contribution < 1.29 is 34.2 Å². The Balaban J connectivity index is 5.50. The minimum absolute atomic E-state index is 0.147. The number of primary amides is 1. The van der Waals surface area contributed by atoms with Gasteiger partial charge in [0.05, 0.1) is 12.5 Å². The van der Waals surface area contributed by atoms with Crippen molar-refractivity contribution in [1.29, 1.82) is 0 Å². The van der Waals surface area contributed by atoms with Crippen molar-refractivity contribution >= 4 is 41.4 Å². The molecule has 5 unspecified atom stereocenters. The van der Waals surface area contributed by atoms with E-state index in [1.807, 2.05) is 0 Å². The van der Waals surface area contributed by atoms with Crippen LogP contribution in [0.5, 0.6) is 0 Å². The van der Waals surface area contributed by atoms with Crippen molar-refractivity contribution in [3.63, 3.8) is 0 Å². The number of carboxylic acids is 1. The van der Waals surface area contributed by atoms with Gasteiger partial charge in [-0.25, -0.2) is 4.79 Å². The summed E-state index contributed by atoms with van der Waals surface area (Å²) in [6.07, 6.45) is 1.35. The van der Waals surface area contributed by atoms with E-state index in [1.54, 1.807) is 6.26 Å². The number of aliphatic carboxylic acids is 1. The van der Waals surface area contributed by atoms with Gasteiger partial charge in [0.2, 0.25) is 23.6 Å². The molecule has 0 aromatic heterocycles. The zero-order valence-electron chi connectivity index (χ0n) is 18.9. The van der Waals surface area contributed by atoms with Crippen molar-refractivity contribution in [3.05, 3.63) is 0 Å². The fraction of sp³-hybridized carbons (Fsp3) is 0.737. The van der Waals surface area contributed by atoms with Crippen molar-refractivity contribution in [3.8, 4) is 0 Å². The van der Waals surface area contributed by atoms with Crippen LogP contribution in [0.4, 0.5) is 0 Å². The Morgan fingerprint density at radius 1 is 0.909 bits per heavy atom. The van der Waals surface area contributed by atoms with Gasteiger partial charge in [-0.2, -0.15) is 11.8 Å². The Labute approximate surface area is 196 Å². The van der Waals surface area contributed by atoms with E-state index in [0.717, 1.165) is 0 Å². The first-order chi connectivity index (χ1) is 15.4. The first-order valence-corrected chi connectivity index (χ1v) is 11.9. The number of thioether (sulfide) groups is 1. The molecule has 0 fully saturated rings. The molecule has 190 valence electrons. The largest absolute Gasteiger partial charge is 0.480 e. The highest BCUT2D eigenvalue weighted by atomic mass is 32.2. The van der Waals surface area contributed by atoms with Crippen LogP contribution in [0.15, 0.2) is 0 Å². The molecule has 0 saturated heterocycles. The average molecular weight is 493 g/mol. The molecular formula is C19H36N6O7S. The molecule has 0 aliphatic carbocycles. The summed E-state index contributed by atoms with van der Waals surface area (Å²) in [6, 6.07) is -5.09. The molecule has 0 heterocycles. The van der Waals surface area contributed by atoms with Crippen LogP contribution in [0.3, 0.4) is 0 Å². The molecule has 33 heavy (non-hydrogen) atoms. The maximum absolute atomic E-state index is 12.8. The maximum Gasteiger partial charge on any atom is 0.326 e. The molecule has 0 bridgehead atoms. The van der Waals surface area contributed by atoms with Crippen LogP contribution in [0.2, 0.25) is 0 Å². The zero-order valence-corrected chi connectivity index (χ0v) is 19.7. The molecule has 0 saturated carbocycles. The number of unbranched alkanes of at least 4 members (excludes halogenated alkanes) is 1. The van der Waals surface area contributed by atoms with E-state index in [0.29, 0.717) is 25.1 Å². The van der Waals surface area contributed by atoms with Crippen LogP contribution in [-0.2, 0) is 24.0 Å². The van der Waals surface area contributed by atoms with Gasteiger partial charge in [0, 0.05) is 0 Å². The van der Waals surface area contributed by atoms with E-state index in [2.05, 4.69) is 16.0 Å². The van der Waals surface area contributed by atoms with E-state index in [4.69, 9.17) is 17.2 Å². The summed E-state index contributed by atoms with van der Waals surface area (Å²) in [5.74, 6) is -4.11. The Morgan fingerprint density at radius 2 is 1.45 bits per heavy atom. The molecule has 14 heteroatoms. The van der Waals surface area contributed by atoms with Crippen LogP contribution in [0.25, 0.3) is 0 Å². The maximum atomic E-state index is 12.8. The average Bonchev–Trinajstić information content (AvgIpc) is 2.73. The first kappa shape index (κ1) is 30.6. The number of hydrogen-bond acceptors (Lipinski definition) is 9. The standard InChI is InChI=1S/C19H36N6O7S/c1-10(26)15(22)18(30)25-13(9-14(21)27)17(29)23-11(5-3-4-7-20)16(28)24-12(19(31)32)6-8-33-2/h10-13,15,26H,3-9,20,22H2,1-2H3,(H2,21,27)(H,23,29)(H,24,28)(H,25,30)(H,31,32). The third kappa shape index (κ3) is 12.4. The summed E-state index contributed by atoms with van der Waals surface area (Å²) < 4.78 is 0. The molecule has 0 spiro atoms. The van der Waals surface area contributed by atoms with Crippen LogP contribution in [-0.4, -0.2) is 88.6 Å². The van der Waals surface area contributed by atoms with Gasteiger partial charge in [0.25, 0.3) is 0 Å². The third-order valence-electron chi connectivity index (χ3n) is 4.67. The number of amides is 4. The number of carboxylic acid groups (broad SMARTS) is 1. The smallest absolute Gasteiger partial charge is 0.326 e. The van der Waals surface area contributed by atoms with E-state index in [1.165, 1.54) is 18.7 Å². The lowest BCUT2D eigenvalue weighted by Crippen LogP contribution is -2.58. The first-order valence-electron chi connectivity index (χ1n) is 10.5. The lowest BCUT2D eigenvalue weighted by Gasteiger charge is -2.25. The number of carbonyl (C=O) groups is 5. The molecule has 0 aromatic rings. The Hall–Kier alpha value is -2.42. The molecule has 0 radical (unpaired) electrons. The molecule has 4 amide bonds. The normalized spacial score (nSPS) is 15.4. The van der Waals surface area contributed by atoms with E-state index < -0.39 is 66.3 Å². The minimum Gasteiger partial charge on any atom is -0.480 e. The number of nitrogens with two attached hydrogens (primary N) is 3. The lowest BCUT2D eigenvalue weighted by atomic mass is 10.1. The summed E-state index contributed by atoms with van der Waals surface area (Å²) >= 11 is 1.42. The molecule has 11 N–H and O–H groups in total. The van der Waals surface area contributed by atoms with E-state index >= 15 is 0 Å². The van der Waals surface area contributed by atoms with E-state index in [-0.39, 0.29) is 12.8 Å². The molecular weight excluding hydrogens is 456 g/mol. The predicted molar refractivity (Wildman–Crippen MR) is 123 cm³/mol. The summed E-state index contributed by atoms with van der Waals surface area (Å²) in [5.41, 5.74) is 16.2. The molecule has 13 nitrogen and oxygen atoms in total. The van der Waals surface area contributed by atoms with Crippen molar-refractivity contribution in [1.82, 2.24) is 16.0 Å². The number of nitrogens with one attached hydrogen (secondary N) is 3.